The Hall–Kier alpha value is -0.510. The number of benzene rings is 1. The SMILES string of the molecule is CC1(C)[NH2+]N=C(c2ccccc2)S1.[Cl-]. The van der Waals surface area contributed by atoms with E-state index in [1.807, 2.05) is 35.4 Å². The number of quaternary nitrogens is 1. The minimum Gasteiger partial charge on any atom is -1.00 e. The van der Waals surface area contributed by atoms with E-state index in [-0.39, 0.29) is 17.3 Å². The van der Waals surface area contributed by atoms with Crippen molar-refractivity contribution < 1.29 is 17.8 Å². The average molecular weight is 229 g/mol. The van der Waals surface area contributed by atoms with Gasteiger partial charge >= 0.3 is 0 Å². The first-order valence-corrected chi connectivity index (χ1v) is 5.16. The molecule has 0 bridgehead atoms. The Morgan fingerprint density at radius 2 is 1.86 bits per heavy atom. The van der Waals surface area contributed by atoms with Gasteiger partial charge in [-0.15, -0.1) is 0 Å². The molecule has 2 N–H and O–H groups in total. The number of nitrogens with two attached hydrogens (primary N) is 1. The van der Waals surface area contributed by atoms with Crippen molar-refractivity contribution in [2.24, 2.45) is 5.10 Å². The number of nitrogens with zero attached hydrogens (tertiary/aromatic N) is 1. The highest BCUT2D eigenvalue weighted by molar-refractivity contribution is 8.15. The second kappa shape index (κ2) is 4.34. The number of thioether (sulfide) groups is 1. The van der Waals surface area contributed by atoms with Gasteiger partial charge in [0.05, 0.1) is 0 Å². The minimum absolute atomic E-state index is 0. The highest BCUT2D eigenvalue weighted by Crippen LogP contribution is 2.25. The molecule has 2 nitrogen and oxygen atoms in total. The highest BCUT2D eigenvalue weighted by Gasteiger charge is 2.32. The topological polar surface area (TPSA) is 29.0 Å². The average Bonchev–Trinajstić information content (AvgIpc) is 2.48. The third-order valence-electron chi connectivity index (χ3n) is 1.87. The predicted molar refractivity (Wildman–Crippen MR) is 56.6 cm³/mol. The molecule has 0 fully saturated rings. The van der Waals surface area contributed by atoms with Crippen LogP contribution >= 0.6 is 11.8 Å². The maximum absolute atomic E-state index is 4.41. The second-order valence-corrected chi connectivity index (χ2v) is 5.28. The predicted octanol–water partition coefficient (Wildman–Crippen LogP) is -1.60. The first-order chi connectivity index (χ1) is 6.17. The molecule has 0 aromatic heterocycles. The van der Waals surface area contributed by atoms with Gasteiger partial charge in [0.1, 0.15) is 0 Å². The van der Waals surface area contributed by atoms with Crippen LogP contribution in [0.2, 0.25) is 0 Å². The smallest absolute Gasteiger partial charge is 0.167 e. The molecular weight excluding hydrogens is 216 g/mol. The summed E-state index contributed by atoms with van der Waals surface area (Å²) in [7, 11) is 0. The van der Waals surface area contributed by atoms with Crippen LogP contribution in [0.4, 0.5) is 0 Å². The van der Waals surface area contributed by atoms with Crippen LogP contribution in [0, 0.1) is 0 Å². The zero-order valence-corrected chi connectivity index (χ0v) is 9.77. The normalized spacial score (nSPS) is 18.6. The molecule has 14 heavy (non-hydrogen) atoms. The van der Waals surface area contributed by atoms with E-state index in [1.54, 1.807) is 0 Å². The summed E-state index contributed by atoms with van der Waals surface area (Å²) in [6.45, 7) is 4.36. The Kier molecular flexibility index (Phi) is 3.59. The molecule has 76 valence electrons. The molecule has 0 unspecified atom stereocenters. The molecular formula is C10H13ClN2S. The van der Waals surface area contributed by atoms with Crippen molar-refractivity contribution in [3.8, 4) is 0 Å². The summed E-state index contributed by atoms with van der Waals surface area (Å²) in [5.74, 6) is 0. The summed E-state index contributed by atoms with van der Waals surface area (Å²) < 4.78 is 0. The van der Waals surface area contributed by atoms with Crippen LogP contribution in [0.25, 0.3) is 0 Å². The molecule has 0 saturated carbocycles. The van der Waals surface area contributed by atoms with Crippen LogP contribution in [-0.4, -0.2) is 9.91 Å². The van der Waals surface area contributed by atoms with Crippen molar-refractivity contribution in [1.82, 2.24) is 0 Å². The van der Waals surface area contributed by atoms with Gasteiger partial charge in [0.15, 0.2) is 9.91 Å². The molecule has 0 saturated heterocycles. The standard InChI is InChI=1S/C10H12N2S.ClH/c1-10(2)12-11-9(13-10)8-6-4-3-5-7-8;/h3-7,12H,1-2H3;1H. The molecule has 0 atom stereocenters. The van der Waals surface area contributed by atoms with Crippen LogP contribution < -0.4 is 17.8 Å². The first-order valence-electron chi connectivity index (χ1n) is 4.34. The van der Waals surface area contributed by atoms with Gasteiger partial charge < -0.3 is 12.4 Å². The maximum Gasteiger partial charge on any atom is 0.167 e. The van der Waals surface area contributed by atoms with Gasteiger partial charge in [-0.2, -0.15) is 0 Å². The Labute approximate surface area is 94.6 Å². The Morgan fingerprint density at radius 3 is 2.36 bits per heavy atom. The minimum atomic E-state index is 0. The quantitative estimate of drug-likeness (QED) is 0.577. The van der Waals surface area contributed by atoms with Crippen molar-refractivity contribution in [2.75, 3.05) is 0 Å². The zero-order chi connectivity index (χ0) is 9.31. The van der Waals surface area contributed by atoms with Gasteiger partial charge in [0.2, 0.25) is 0 Å². The third kappa shape index (κ3) is 2.50. The fraction of sp³-hybridized carbons (Fsp3) is 0.300. The summed E-state index contributed by atoms with van der Waals surface area (Å²) in [6, 6.07) is 10.3. The largest absolute Gasteiger partial charge is 1.00 e. The van der Waals surface area contributed by atoms with Crippen LogP contribution in [0.15, 0.2) is 35.4 Å². The van der Waals surface area contributed by atoms with E-state index < -0.39 is 0 Å². The summed E-state index contributed by atoms with van der Waals surface area (Å²) >= 11 is 1.82. The van der Waals surface area contributed by atoms with Gasteiger partial charge in [0.25, 0.3) is 0 Å². The van der Waals surface area contributed by atoms with E-state index in [2.05, 4.69) is 31.1 Å². The van der Waals surface area contributed by atoms with Crippen molar-refractivity contribution in [2.45, 2.75) is 18.7 Å². The summed E-state index contributed by atoms with van der Waals surface area (Å²) in [6.07, 6.45) is 0. The molecule has 0 amide bonds. The van der Waals surface area contributed by atoms with Crippen molar-refractivity contribution in [3.05, 3.63) is 35.9 Å². The lowest BCUT2D eigenvalue weighted by atomic mass is 10.2. The van der Waals surface area contributed by atoms with Gasteiger partial charge in [0, 0.05) is 19.4 Å². The molecule has 1 aliphatic heterocycles. The van der Waals surface area contributed by atoms with Crippen molar-refractivity contribution in [3.63, 3.8) is 0 Å². The Balaban J connectivity index is 0.000000980. The number of hydrogen-bond acceptors (Lipinski definition) is 2. The van der Waals surface area contributed by atoms with E-state index in [0.717, 1.165) is 5.04 Å². The first kappa shape index (κ1) is 11.6. The van der Waals surface area contributed by atoms with Crippen LogP contribution in [-0.2, 0) is 0 Å². The van der Waals surface area contributed by atoms with E-state index in [9.17, 15) is 0 Å². The fourth-order valence-corrected chi connectivity index (χ4v) is 2.19. The molecule has 0 aliphatic carbocycles. The lowest BCUT2D eigenvalue weighted by Crippen LogP contribution is -3.00. The van der Waals surface area contributed by atoms with Crippen molar-refractivity contribution in [1.29, 1.82) is 0 Å². The molecule has 1 aromatic carbocycles. The molecule has 4 heteroatoms. The number of halogens is 1. The van der Waals surface area contributed by atoms with E-state index >= 15 is 0 Å². The molecule has 0 radical (unpaired) electrons. The fourth-order valence-electron chi connectivity index (χ4n) is 1.23. The van der Waals surface area contributed by atoms with E-state index in [1.165, 1.54) is 5.56 Å². The molecule has 0 spiro atoms. The van der Waals surface area contributed by atoms with Crippen molar-refractivity contribution >= 4 is 16.8 Å². The van der Waals surface area contributed by atoms with Gasteiger partial charge in [-0.3, -0.25) is 0 Å². The van der Waals surface area contributed by atoms with Crippen LogP contribution in [0.3, 0.4) is 0 Å². The third-order valence-corrected chi connectivity index (χ3v) is 3.04. The summed E-state index contributed by atoms with van der Waals surface area (Å²) in [4.78, 5) is 0.158. The van der Waals surface area contributed by atoms with E-state index in [4.69, 9.17) is 0 Å². The second-order valence-electron chi connectivity index (χ2n) is 3.63. The van der Waals surface area contributed by atoms with Gasteiger partial charge in [-0.05, 0) is 11.8 Å². The summed E-state index contributed by atoms with van der Waals surface area (Å²) in [5.41, 5.74) is 3.23. The number of rotatable bonds is 1. The molecule has 1 aliphatic rings. The lowest BCUT2D eigenvalue weighted by Gasteiger charge is -2.09. The lowest BCUT2D eigenvalue weighted by molar-refractivity contribution is -0.698. The Bertz CT molecular complexity index is 335. The van der Waals surface area contributed by atoms with Gasteiger partial charge in [-0.25, -0.2) is 5.43 Å². The monoisotopic (exact) mass is 228 g/mol. The highest BCUT2D eigenvalue weighted by atomic mass is 35.5. The maximum atomic E-state index is 4.41. The molecule has 1 aromatic rings. The summed E-state index contributed by atoms with van der Waals surface area (Å²) in [5, 5.41) is 5.54. The van der Waals surface area contributed by atoms with Crippen LogP contribution in [0.1, 0.15) is 19.4 Å². The van der Waals surface area contributed by atoms with Gasteiger partial charge in [-0.1, -0.05) is 35.4 Å². The molecule has 2 rings (SSSR count). The Morgan fingerprint density at radius 1 is 1.21 bits per heavy atom. The zero-order valence-electron chi connectivity index (χ0n) is 8.20. The van der Waals surface area contributed by atoms with Crippen LogP contribution in [0.5, 0.6) is 0 Å². The van der Waals surface area contributed by atoms with E-state index in [0.29, 0.717) is 0 Å². The number of hydrogen-bond donors (Lipinski definition) is 1. The molecule has 1 heterocycles.